The lowest BCUT2D eigenvalue weighted by atomic mass is 9.95. The first-order chi connectivity index (χ1) is 13.4. The Hall–Kier alpha value is -2.13. The smallest absolute Gasteiger partial charge is 0.409 e. The van der Waals surface area contributed by atoms with Crippen LogP contribution in [0.4, 0.5) is 4.79 Å². The lowest BCUT2D eigenvalue weighted by Gasteiger charge is -2.40. The lowest BCUT2D eigenvalue weighted by Crippen LogP contribution is -2.58. The van der Waals surface area contributed by atoms with Crippen molar-refractivity contribution in [3.63, 3.8) is 0 Å². The van der Waals surface area contributed by atoms with Crippen molar-refractivity contribution in [2.24, 2.45) is 0 Å². The monoisotopic (exact) mass is 409 g/mol. The van der Waals surface area contributed by atoms with Crippen molar-refractivity contribution in [3.05, 3.63) is 35.4 Å². The Balaban J connectivity index is 1.76. The Morgan fingerprint density at radius 3 is 2.25 bits per heavy atom. The summed E-state index contributed by atoms with van der Waals surface area (Å²) in [6.45, 7) is 5.38. The van der Waals surface area contributed by atoms with Crippen molar-refractivity contribution >= 4 is 22.0 Å². The molecule has 1 saturated heterocycles. The number of hydrogen-bond acceptors (Lipinski definition) is 5. The molecule has 28 heavy (non-hydrogen) atoms. The van der Waals surface area contributed by atoms with Crippen molar-refractivity contribution in [2.75, 3.05) is 38.5 Å². The molecule has 1 aromatic rings. The third-order valence-corrected chi connectivity index (χ3v) is 7.16. The number of benzene rings is 1. The number of nitrogens with zero attached hydrogens (tertiary/aromatic N) is 3. The molecule has 1 aromatic carbocycles. The molecule has 2 aliphatic rings. The van der Waals surface area contributed by atoms with Crippen LogP contribution in [0.5, 0.6) is 0 Å². The summed E-state index contributed by atoms with van der Waals surface area (Å²) in [6, 6.07) is 6.90. The second-order valence-corrected chi connectivity index (χ2v) is 9.16. The summed E-state index contributed by atoms with van der Waals surface area (Å²) in [5.41, 5.74) is 1.95. The van der Waals surface area contributed by atoms with E-state index in [0.29, 0.717) is 39.2 Å². The zero-order chi connectivity index (χ0) is 20.3. The normalized spacial score (nSPS) is 20.6. The Morgan fingerprint density at radius 1 is 1.04 bits per heavy atom. The van der Waals surface area contributed by atoms with Gasteiger partial charge in [-0.25, -0.2) is 13.2 Å². The highest BCUT2D eigenvalue weighted by Crippen LogP contribution is 2.27. The van der Waals surface area contributed by atoms with Crippen LogP contribution in [0.2, 0.25) is 0 Å². The SMILES string of the molecule is CCOC(=O)N1CCN(C(=O)[C@H]2Cc3ccccc3CN2S(=O)(=O)CC)CC1. The van der Waals surface area contributed by atoms with E-state index in [0.717, 1.165) is 11.1 Å². The first-order valence-electron chi connectivity index (χ1n) is 9.64. The van der Waals surface area contributed by atoms with Crippen LogP contribution < -0.4 is 0 Å². The summed E-state index contributed by atoms with van der Waals surface area (Å²) < 4.78 is 31.7. The quantitative estimate of drug-likeness (QED) is 0.742. The van der Waals surface area contributed by atoms with Gasteiger partial charge in [-0.2, -0.15) is 4.31 Å². The number of hydrogen-bond donors (Lipinski definition) is 0. The fourth-order valence-electron chi connectivity index (χ4n) is 3.70. The van der Waals surface area contributed by atoms with Crippen LogP contribution >= 0.6 is 0 Å². The first-order valence-corrected chi connectivity index (χ1v) is 11.2. The van der Waals surface area contributed by atoms with E-state index in [1.165, 1.54) is 4.31 Å². The molecule has 0 radical (unpaired) electrons. The van der Waals surface area contributed by atoms with E-state index >= 15 is 0 Å². The number of amides is 2. The van der Waals surface area contributed by atoms with Crippen molar-refractivity contribution in [2.45, 2.75) is 32.9 Å². The van der Waals surface area contributed by atoms with Crippen molar-refractivity contribution in [1.29, 1.82) is 0 Å². The van der Waals surface area contributed by atoms with Gasteiger partial charge in [0.05, 0.1) is 12.4 Å². The van der Waals surface area contributed by atoms with E-state index in [2.05, 4.69) is 0 Å². The summed E-state index contributed by atoms with van der Waals surface area (Å²) in [5, 5.41) is 0. The maximum Gasteiger partial charge on any atom is 0.409 e. The van der Waals surface area contributed by atoms with E-state index in [4.69, 9.17) is 4.74 Å². The molecule has 2 amide bonds. The fraction of sp³-hybridized carbons (Fsp3) is 0.579. The number of carbonyl (C=O) groups excluding carboxylic acids is 2. The zero-order valence-electron chi connectivity index (χ0n) is 16.3. The number of fused-ring (bicyclic) bond motifs is 1. The zero-order valence-corrected chi connectivity index (χ0v) is 17.2. The fourth-order valence-corrected chi connectivity index (χ4v) is 4.92. The maximum atomic E-state index is 13.2. The van der Waals surface area contributed by atoms with Gasteiger partial charge in [0, 0.05) is 32.7 Å². The van der Waals surface area contributed by atoms with Crippen LogP contribution in [0.3, 0.4) is 0 Å². The molecular weight excluding hydrogens is 382 g/mol. The molecule has 0 spiro atoms. The summed E-state index contributed by atoms with van der Waals surface area (Å²) >= 11 is 0. The number of carbonyl (C=O) groups is 2. The Kier molecular flexibility index (Phi) is 6.24. The largest absolute Gasteiger partial charge is 0.450 e. The minimum atomic E-state index is -3.53. The highest BCUT2D eigenvalue weighted by Gasteiger charge is 2.40. The molecule has 0 unspecified atom stereocenters. The lowest BCUT2D eigenvalue weighted by molar-refractivity contribution is -0.137. The molecule has 8 nitrogen and oxygen atoms in total. The molecule has 0 saturated carbocycles. The van der Waals surface area contributed by atoms with Crippen molar-refractivity contribution in [3.8, 4) is 0 Å². The van der Waals surface area contributed by atoms with Crippen LogP contribution in [0.25, 0.3) is 0 Å². The Morgan fingerprint density at radius 2 is 1.64 bits per heavy atom. The molecule has 1 fully saturated rings. The van der Waals surface area contributed by atoms with E-state index < -0.39 is 16.1 Å². The molecule has 0 N–H and O–H groups in total. The van der Waals surface area contributed by atoms with E-state index in [1.807, 2.05) is 24.3 Å². The van der Waals surface area contributed by atoms with Gasteiger partial charge in [0.1, 0.15) is 6.04 Å². The standard InChI is InChI=1S/C19H27N3O5S/c1-3-27-19(24)21-11-9-20(10-12-21)18(23)17-13-15-7-5-6-8-16(15)14-22(17)28(25,26)4-2/h5-8,17H,3-4,9-14H2,1-2H3/t17-/m1/s1. The van der Waals surface area contributed by atoms with Crippen LogP contribution in [-0.4, -0.2) is 79.1 Å². The second-order valence-electron chi connectivity index (χ2n) is 6.95. The van der Waals surface area contributed by atoms with Crippen molar-refractivity contribution in [1.82, 2.24) is 14.1 Å². The van der Waals surface area contributed by atoms with E-state index in [1.54, 1.807) is 23.6 Å². The first kappa shape index (κ1) is 20.6. The van der Waals surface area contributed by atoms with Crippen LogP contribution in [-0.2, 0) is 32.5 Å². The van der Waals surface area contributed by atoms with E-state index in [9.17, 15) is 18.0 Å². The van der Waals surface area contributed by atoms with Gasteiger partial charge in [-0.15, -0.1) is 0 Å². The predicted octanol–water partition coefficient (Wildman–Crippen LogP) is 1.06. The summed E-state index contributed by atoms with van der Waals surface area (Å²) in [4.78, 5) is 28.3. The summed E-state index contributed by atoms with van der Waals surface area (Å²) in [6.07, 6.45) is -0.0110. The Labute approximate surface area is 166 Å². The predicted molar refractivity (Wildman–Crippen MR) is 104 cm³/mol. The van der Waals surface area contributed by atoms with Gasteiger partial charge < -0.3 is 14.5 Å². The molecule has 0 aromatic heterocycles. The molecule has 0 aliphatic carbocycles. The van der Waals surface area contributed by atoms with Gasteiger partial charge in [0.2, 0.25) is 15.9 Å². The third-order valence-electron chi connectivity index (χ3n) is 5.33. The molecule has 3 rings (SSSR count). The highest BCUT2D eigenvalue weighted by atomic mass is 32.2. The van der Waals surface area contributed by atoms with Gasteiger partial charge in [-0.05, 0) is 31.4 Å². The van der Waals surface area contributed by atoms with Gasteiger partial charge in [-0.3, -0.25) is 4.79 Å². The maximum absolute atomic E-state index is 13.2. The molecular formula is C19H27N3O5S. The van der Waals surface area contributed by atoms with Crippen LogP contribution in [0.1, 0.15) is 25.0 Å². The molecule has 1 atom stereocenters. The average molecular weight is 410 g/mol. The minimum Gasteiger partial charge on any atom is -0.450 e. The molecule has 154 valence electrons. The van der Waals surface area contributed by atoms with Crippen LogP contribution in [0, 0.1) is 0 Å². The highest BCUT2D eigenvalue weighted by molar-refractivity contribution is 7.89. The van der Waals surface area contributed by atoms with E-state index in [-0.39, 0.29) is 24.3 Å². The van der Waals surface area contributed by atoms with Gasteiger partial charge >= 0.3 is 6.09 Å². The molecule has 0 bridgehead atoms. The number of sulfonamides is 1. The second kappa shape index (κ2) is 8.48. The Bertz CT molecular complexity index is 834. The number of ether oxygens (including phenoxy) is 1. The molecule has 2 heterocycles. The third kappa shape index (κ3) is 4.15. The topological polar surface area (TPSA) is 87.2 Å². The number of piperazine rings is 1. The molecule has 2 aliphatic heterocycles. The average Bonchev–Trinajstić information content (AvgIpc) is 2.72. The van der Waals surface area contributed by atoms with Gasteiger partial charge in [0.25, 0.3) is 0 Å². The summed E-state index contributed by atoms with van der Waals surface area (Å²) in [7, 11) is -3.53. The van der Waals surface area contributed by atoms with Gasteiger partial charge in [0.15, 0.2) is 0 Å². The number of rotatable bonds is 4. The summed E-state index contributed by atoms with van der Waals surface area (Å²) in [5.74, 6) is -0.245. The van der Waals surface area contributed by atoms with Gasteiger partial charge in [-0.1, -0.05) is 24.3 Å². The van der Waals surface area contributed by atoms with Crippen LogP contribution in [0.15, 0.2) is 24.3 Å². The van der Waals surface area contributed by atoms with Crippen molar-refractivity contribution < 1.29 is 22.7 Å². The molecule has 9 heteroatoms. The minimum absolute atomic E-state index is 0.0460.